The number of fused-ring (bicyclic) bond motifs is 1. The first kappa shape index (κ1) is 20.1. The van der Waals surface area contributed by atoms with Crippen LogP contribution in [0.15, 0.2) is 45.3 Å². The molecule has 0 aliphatic heterocycles. The summed E-state index contributed by atoms with van der Waals surface area (Å²) in [6.45, 7) is 0. The third-order valence-electron chi connectivity index (χ3n) is 7.19. The van der Waals surface area contributed by atoms with Crippen LogP contribution in [-0.4, -0.2) is 25.2 Å². The molecule has 8 heteroatoms. The molecule has 2 fully saturated rings. The SMILES string of the molecule is Cn1c(C2CCC3(CCC[C@H]3N)CC2)ncc(Sc2ccn3nccc3c2Cl)c1=O. The second-order valence-corrected chi connectivity index (χ2v) is 10.2. The summed E-state index contributed by atoms with van der Waals surface area (Å²) < 4.78 is 3.45. The molecule has 1 spiro atoms. The first-order chi connectivity index (χ1) is 14.5. The molecule has 1 atom stereocenters. The zero-order valence-corrected chi connectivity index (χ0v) is 18.6. The van der Waals surface area contributed by atoms with Gasteiger partial charge in [0.15, 0.2) is 0 Å². The summed E-state index contributed by atoms with van der Waals surface area (Å²) in [7, 11) is 1.84. The average molecular weight is 444 g/mol. The van der Waals surface area contributed by atoms with E-state index in [-0.39, 0.29) is 5.56 Å². The number of nitrogens with two attached hydrogens (primary N) is 1. The predicted molar refractivity (Wildman–Crippen MR) is 119 cm³/mol. The minimum atomic E-state index is -0.0210. The van der Waals surface area contributed by atoms with Crippen molar-refractivity contribution in [3.05, 3.63) is 51.9 Å². The maximum absolute atomic E-state index is 13.1. The van der Waals surface area contributed by atoms with Gasteiger partial charge in [-0.05, 0) is 56.1 Å². The van der Waals surface area contributed by atoms with Crippen molar-refractivity contribution in [2.75, 3.05) is 0 Å². The Morgan fingerprint density at radius 3 is 2.73 bits per heavy atom. The van der Waals surface area contributed by atoms with E-state index in [2.05, 4.69) is 5.10 Å². The van der Waals surface area contributed by atoms with E-state index in [1.54, 1.807) is 21.5 Å². The molecule has 2 saturated carbocycles. The topological polar surface area (TPSA) is 78.2 Å². The Morgan fingerprint density at radius 1 is 1.20 bits per heavy atom. The molecule has 0 amide bonds. The Balaban J connectivity index is 1.37. The first-order valence-corrected chi connectivity index (χ1v) is 11.8. The van der Waals surface area contributed by atoms with E-state index in [1.165, 1.54) is 24.6 Å². The van der Waals surface area contributed by atoms with Gasteiger partial charge in [-0.3, -0.25) is 9.36 Å². The van der Waals surface area contributed by atoms with Gasteiger partial charge in [0.05, 0.1) is 21.6 Å². The smallest absolute Gasteiger partial charge is 0.267 e. The van der Waals surface area contributed by atoms with Crippen molar-refractivity contribution in [1.29, 1.82) is 0 Å². The number of rotatable bonds is 3. The highest BCUT2D eigenvalue weighted by Gasteiger charge is 2.43. The molecule has 5 rings (SSSR count). The van der Waals surface area contributed by atoms with Crippen LogP contribution in [0.5, 0.6) is 0 Å². The van der Waals surface area contributed by atoms with Crippen LogP contribution in [0, 0.1) is 5.41 Å². The summed E-state index contributed by atoms with van der Waals surface area (Å²) >= 11 is 7.89. The van der Waals surface area contributed by atoms with Crippen molar-refractivity contribution >= 4 is 28.9 Å². The van der Waals surface area contributed by atoms with Gasteiger partial charge in [-0.15, -0.1) is 0 Å². The number of pyridine rings is 1. The maximum atomic E-state index is 13.1. The minimum absolute atomic E-state index is 0.0210. The van der Waals surface area contributed by atoms with E-state index < -0.39 is 0 Å². The van der Waals surface area contributed by atoms with Crippen LogP contribution < -0.4 is 11.3 Å². The summed E-state index contributed by atoms with van der Waals surface area (Å²) in [6, 6.07) is 4.08. The number of halogens is 1. The van der Waals surface area contributed by atoms with Crippen molar-refractivity contribution in [2.24, 2.45) is 18.2 Å². The Morgan fingerprint density at radius 2 is 2.00 bits per heavy atom. The van der Waals surface area contributed by atoms with Gasteiger partial charge in [-0.1, -0.05) is 29.8 Å². The van der Waals surface area contributed by atoms with Crippen LogP contribution in [0.4, 0.5) is 0 Å². The third kappa shape index (κ3) is 3.27. The Labute approximate surface area is 184 Å². The van der Waals surface area contributed by atoms with Gasteiger partial charge < -0.3 is 5.73 Å². The van der Waals surface area contributed by atoms with E-state index in [0.717, 1.165) is 48.3 Å². The summed E-state index contributed by atoms with van der Waals surface area (Å²) in [5.41, 5.74) is 7.56. The van der Waals surface area contributed by atoms with Crippen molar-refractivity contribution in [2.45, 2.75) is 66.7 Å². The van der Waals surface area contributed by atoms with E-state index in [0.29, 0.717) is 27.3 Å². The van der Waals surface area contributed by atoms with E-state index in [4.69, 9.17) is 22.3 Å². The van der Waals surface area contributed by atoms with Crippen LogP contribution >= 0.6 is 23.4 Å². The molecule has 2 aliphatic carbocycles. The van der Waals surface area contributed by atoms with Gasteiger partial charge in [0.1, 0.15) is 5.82 Å². The molecule has 3 heterocycles. The fourth-order valence-corrected chi connectivity index (χ4v) is 6.58. The second kappa shape index (κ2) is 7.70. The molecule has 3 aromatic rings. The largest absolute Gasteiger partial charge is 0.327 e. The van der Waals surface area contributed by atoms with Crippen LogP contribution in [0.1, 0.15) is 56.7 Å². The van der Waals surface area contributed by atoms with Crippen molar-refractivity contribution in [3.8, 4) is 0 Å². The molecule has 0 aromatic carbocycles. The summed E-state index contributed by atoms with van der Waals surface area (Å²) in [5.74, 6) is 1.22. The van der Waals surface area contributed by atoms with Gasteiger partial charge in [-0.2, -0.15) is 5.10 Å². The first-order valence-electron chi connectivity index (χ1n) is 10.6. The third-order valence-corrected chi connectivity index (χ3v) is 8.76. The molecule has 30 heavy (non-hydrogen) atoms. The zero-order chi connectivity index (χ0) is 20.9. The Bertz CT molecular complexity index is 1150. The molecule has 2 N–H and O–H groups in total. The lowest BCUT2D eigenvalue weighted by atomic mass is 9.67. The van der Waals surface area contributed by atoms with E-state index in [9.17, 15) is 4.79 Å². The number of nitrogens with zero attached hydrogens (tertiary/aromatic N) is 4. The fourth-order valence-electron chi connectivity index (χ4n) is 5.36. The van der Waals surface area contributed by atoms with E-state index in [1.807, 2.05) is 25.4 Å². The van der Waals surface area contributed by atoms with Crippen LogP contribution in [0.3, 0.4) is 0 Å². The molecule has 0 bridgehead atoms. The minimum Gasteiger partial charge on any atom is -0.327 e. The number of hydrogen-bond acceptors (Lipinski definition) is 5. The maximum Gasteiger partial charge on any atom is 0.267 e. The lowest BCUT2D eigenvalue weighted by Crippen LogP contribution is -2.40. The molecule has 0 saturated heterocycles. The molecule has 3 aromatic heterocycles. The van der Waals surface area contributed by atoms with Crippen molar-refractivity contribution < 1.29 is 0 Å². The van der Waals surface area contributed by atoms with Crippen LogP contribution in [-0.2, 0) is 7.05 Å². The quantitative estimate of drug-likeness (QED) is 0.649. The lowest BCUT2D eigenvalue weighted by Gasteiger charge is -2.40. The average Bonchev–Trinajstić information content (AvgIpc) is 3.36. The second-order valence-electron chi connectivity index (χ2n) is 8.74. The van der Waals surface area contributed by atoms with Crippen LogP contribution in [0.2, 0.25) is 5.02 Å². The predicted octanol–water partition coefficient (Wildman–Crippen LogP) is 4.39. The lowest BCUT2D eigenvalue weighted by molar-refractivity contribution is 0.154. The molecular weight excluding hydrogens is 418 g/mol. The Kier molecular flexibility index (Phi) is 5.16. The van der Waals surface area contributed by atoms with Gasteiger partial charge in [0, 0.05) is 36.3 Å². The highest BCUT2D eigenvalue weighted by molar-refractivity contribution is 7.99. The fraction of sp³-hybridized carbons (Fsp3) is 0.500. The summed E-state index contributed by atoms with van der Waals surface area (Å²) in [5, 5.41) is 4.78. The van der Waals surface area contributed by atoms with Gasteiger partial charge in [-0.25, -0.2) is 9.50 Å². The normalized spacial score (nSPS) is 26.6. The van der Waals surface area contributed by atoms with Gasteiger partial charge in [0.25, 0.3) is 5.56 Å². The molecule has 0 radical (unpaired) electrons. The standard InChI is InChI=1S/C22H26ClN5OS/c1-27-20(14-4-9-22(10-5-14)8-2-3-18(22)24)25-13-17(21(27)29)30-16-7-12-28-15(19(16)23)6-11-26-28/h6-7,11-14,18H,2-5,8-10,24H2,1H3/t14?,18-,22?/m1/s1. The Hall–Kier alpha value is -1.83. The molecule has 158 valence electrons. The molecule has 6 nitrogen and oxygen atoms in total. The molecule has 0 unspecified atom stereocenters. The van der Waals surface area contributed by atoms with Gasteiger partial charge in [0.2, 0.25) is 0 Å². The number of aromatic nitrogens is 4. The summed E-state index contributed by atoms with van der Waals surface area (Å²) in [6.07, 6.45) is 13.3. The zero-order valence-electron chi connectivity index (χ0n) is 17.1. The van der Waals surface area contributed by atoms with Crippen molar-refractivity contribution in [1.82, 2.24) is 19.2 Å². The highest BCUT2D eigenvalue weighted by Crippen LogP contribution is 2.51. The van der Waals surface area contributed by atoms with Gasteiger partial charge >= 0.3 is 0 Å². The van der Waals surface area contributed by atoms with E-state index >= 15 is 0 Å². The van der Waals surface area contributed by atoms with Crippen LogP contribution in [0.25, 0.3) is 5.52 Å². The summed E-state index contributed by atoms with van der Waals surface area (Å²) in [4.78, 5) is 19.2. The number of hydrogen-bond donors (Lipinski definition) is 1. The molecular formula is C22H26ClN5OS. The molecule has 2 aliphatic rings. The monoisotopic (exact) mass is 443 g/mol. The van der Waals surface area contributed by atoms with Crippen molar-refractivity contribution in [3.63, 3.8) is 0 Å². The highest BCUT2D eigenvalue weighted by atomic mass is 35.5.